The number of rotatable bonds is 4. The van der Waals surface area contributed by atoms with Gasteiger partial charge in [0.15, 0.2) is 0 Å². The molecule has 1 aromatic heterocycles. The largest absolute Gasteiger partial charge is 0.328 e. The highest BCUT2D eigenvalue weighted by Gasteiger charge is 2.33. The number of benzene rings is 2. The highest BCUT2D eigenvalue weighted by molar-refractivity contribution is 6.06. The number of allylic oxidation sites excluding steroid dienone is 1. The summed E-state index contributed by atoms with van der Waals surface area (Å²) < 4.78 is 14.8. The number of carbonyl (C=O) groups is 2. The van der Waals surface area contributed by atoms with Crippen molar-refractivity contribution >= 4 is 29.1 Å². The van der Waals surface area contributed by atoms with Crippen molar-refractivity contribution in [2.24, 2.45) is 0 Å². The Bertz CT molecular complexity index is 1140. The fourth-order valence-corrected chi connectivity index (χ4v) is 3.38. The Balaban J connectivity index is 1.70. The van der Waals surface area contributed by atoms with Crippen LogP contribution in [0, 0.1) is 5.82 Å². The molecule has 2 amide bonds. The third-order valence-electron chi connectivity index (χ3n) is 4.69. The number of halogens is 1. The normalized spacial score (nSPS) is 15.2. The number of anilines is 3. The predicted molar refractivity (Wildman–Crippen MR) is 110 cm³/mol. The molecule has 1 aliphatic heterocycles. The van der Waals surface area contributed by atoms with E-state index in [0.717, 1.165) is 5.56 Å². The van der Waals surface area contributed by atoms with E-state index in [1.165, 1.54) is 37.5 Å². The van der Waals surface area contributed by atoms with E-state index in [9.17, 15) is 14.0 Å². The first kappa shape index (κ1) is 19.3. The van der Waals surface area contributed by atoms with Gasteiger partial charge in [0.2, 0.25) is 11.9 Å². The van der Waals surface area contributed by atoms with Gasteiger partial charge in [-0.3, -0.25) is 9.59 Å². The molecule has 2 aromatic carbocycles. The lowest BCUT2D eigenvalue weighted by Gasteiger charge is -2.28. The topological polar surface area (TPSA) is 101 Å². The van der Waals surface area contributed by atoms with Gasteiger partial charge in [0.05, 0.1) is 5.57 Å². The molecule has 0 spiro atoms. The van der Waals surface area contributed by atoms with Crippen molar-refractivity contribution in [3.05, 3.63) is 77.5 Å². The molecule has 0 radical (unpaired) electrons. The Hall–Kier alpha value is -4.01. The minimum atomic E-state index is -0.532. The van der Waals surface area contributed by atoms with E-state index in [-0.39, 0.29) is 17.6 Å². The summed E-state index contributed by atoms with van der Waals surface area (Å²) in [6.07, 6.45) is 1.41. The summed E-state index contributed by atoms with van der Waals surface area (Å²) in [6.45, 7) is 3.23. The Morgan fingerprint density at radius 2 is 1.67 bits per heavy atom. The minimum Gasteiger partial charge on any atom is -0.328 e. The molecule has 1 atom stereocenters. The summed E-state index contributed by atoms with van der Waals surface area (Å²) in [5, 5.41) is 12.9. The predicted octanol–water partition coefficient (Wildman–Crippen LogP) is 3.30. The van der Waals surface area contributed by atoms with Gasteiger partial charge < -0.3 is 16.0 Å². The van der Waals surface area contributed by atoms with Gasteiger partial charge in [-0.15, -0.1) is 0 Å². The highest BCUT2D eigenvalue weighted by atomic mass is 19.1. The summed E-state index contributed by atoms with van der Waals surface area (Å²) in [5.74, 6) is -0.379. The molecule has 0 saturated heterocycles. The molecular formula is C21H19FN6O2. The average molecular weight is 406 g/mol. The Kier molecular flexibility index (Phi) is 5.01. The van der Waals surface area contributed by atoms with Crippen molar-refractivity contribution in [3.63, 3.8) is 0 Å². The molecule has 2 heterocycles. The van der Waals surface area contributed by atoms with E-state index in [1.54, 1.807) is 23.7 Å². The lowest BCUT2D eigenvalue weighted by molar-refractivity contribution is -0.114. The van der Waals surface area contributed by atoms with Gasteiger partial charge in [0, 0.05) is 24.0 Å². The van der Waals surface area contributed by atoms with Crippen LogP contribution in [0.4, 0.5) is 21.7 Å². The van der Waals surface area contributed by atoms with E-state index in [4.69, 9.17) is 0 Å². The van der Waals surface area contributed by atoms with Gasteiger partial charge >= 0.3 is 0 Å². The van der Waals surface area contributed by atoms with Crippen LogP contribution in [-0.4, -0.2) is 26.6 Å². The molecule has 0 aliphatic carbocycles. The molecular weight excluding hydrogens is 387 g/mol. The Morgan fingerprint density at radius 1 is 1.03 bits per heavy atom. The zero-order valence-electron chi connectivity index (χ0n) is 16.3. The van der Waals surface area contributed by atoms with Crippen LogP contribution in [0.1, 0.15) is 25.5 Å². The molecule has 30 heavy (non-hydrogen) atoms. The third-order valence-corrected chi connectivity index (χ3v) is 4.69. The highest BCUT2D eigenvalue weighted by Crippen LogP contribution is 2.35. The van der Waals surface area contributed by atoms with Crippen molar-refractivity contribution in [1.82, 2.24) is 14.8 Å². The number of hydrogen-bond acceptors (Lipinski definition) is 5. The van der Waals surface area contributed by atoms with Gasteiger partial charge in [-0.2, -0.15) is 10.1 Å². The molecule has 0 saturated carbocycles. The number of fused-ring (bicyclic) bond motifs is 1. The van der Waals surface area contributed by atoms with Gasteiger partial charge in [0.25, 0.3) is 5.91 Å². The summed E-state index contributed by atoms with van der Waals surface area (Å²) in [7, 11) is 0. The molecule has 0 fully saturated rings. The van der Waals surface area contributed by atoms with Crippen LogP contribution in [0.15, 0.2) is 66.1 Å². The maximum absolute atomic E-state index is 13.2. The first-order valence-corrected chi connectivity index (χ1v) is 9.24. The zero-order chi connectivity index (χ0) is 21.3. The van der Waals surface area contributed by atoms with E-state index in [2.05, 4.69) is 26.0 Å². The lowest BCUT2D eigenvalue weighted by atomic mass is 9.94. The number of carbonyl (C=O) groups excluding carboxylic acids is 2. The number of nitrogens with zero attached hydrogens (tertiary/aromatic N) is 3. The number of amides is 2. The maximum Gasteiger partial charge on any atom is 0.255 e. The van der Waals surface area contributed by atoms with Crippen LogP contribution in [0.5, 0.6) is 0 Å². The second-order valence-corrected chi connectivity index (χ2v) is 6.86. The van der Waals surface area contributed by atoms with Crippen molar-refractivity contribution < 1.29 is 14.0 Å². The van der Waals surface area contributed by atoms with E-state index < -0.39 is 6.04 Å². The summed E-state index contributed by atoms with van der Waals surface area (Å²) >= 11 is 0. The standard InChI is InChI=1S/C21H19FN6O2/c1-12-18(20(30)27-17-9-5-15(22)6-10-17)19(28-21(25-12)23-11-24-28)14-3-7-16(8-4-14)26-13(2)29/h3-11,19H,1-2H3,(H,26,29)(H,27,30)(H,23,24,25). The van der Waals surface area contributed by atoms with Crippen LogP contribution in [0.3, 0.4) is 0 Å². The van der Waals surface area contributed by atoms with Crippen LogP contribution in [0.25, 0.3) is 0 Å². The molecule has 8 nitrogen and oxygen atoms in total. The van der Waals surface area contributed by atoms with Crippen LogP contribution < -0.4 is 16.0 Å². The summed E-state index contributed by atoms with van der Waals surface area (Å²) in [5.41, 5.74) is 3.00. The average Bonchev–Trinajstić information content (AvgIpc) is 3.17. The van der Waals surface area contributed by atoms with Crippen LogP contribution in [-0.2, 0) is 9.59 Å². The number of aromatic nitrogens is 3. The van der Waals surface area contributed by atoms with Gasteiger partial charge in [-0.25, -0.2) is 9.07 Å². The van der Waals surface area contributed by atoms with Crippen molar-refractivity contribution in [2.75, 3.05) is 16.0 Å². The Labute approximate surface area is 171 Å². The monoisotopic (exact) mass is 406 g/mol. The van der Waals surface area contributed by atoms with Crippen LogP contribution in [0.2, 0.25) is 0 Å². The zero-order valence-corrected chi connectivity index (χ0v) is 16.3. The van der Waals surface area contributed by atoms with Crippen LogP contribution >= 0.6 is 0 Å². The van der Waals surface area contributed by atoms with E-state index in [1.807, 2.05) is 12.1 Å². The lowest BCUT2D eigenvalue weighted by Crippen LogP contribution is -2.31. The number of nitrogens with one attached hydrogen (secondary N) is 3. The molecule has 152 valence electrons. The molecule has 3 N–H and O–H groups in total. The van der Waals surface area contributed by atoms with Crippen molar-refractivity contribution in [2.45, 2.75) is 19.9 Å². The van der Waals surface area contributed by atoms with Gasteiger partial charge in [0.1, 0.15) is 18.2 Å². The molecule has 1 aliphatic rings. The van der Waals surface area contributed by atoms with Gasteiger partial charge in [-0.05, 0) is 48.9 Å². The smallest absolute Gasteiger partial charge is 0.255 e. The second kappa shape index (κ2) is 7.78. The SMILES string of the molecule is CC(=O)Nc1ccc(C2C(C(=O)Nc3ccc(F)cc3)=C(C)Nc3ncnn32)cc1. The first-order valence-electron chi connectivity index (χ1n) is 9.24. The second-order valence-electron chi connectivity index (χ2n) is 6.86. The van der Waals surface area contributed by atoms with Crippen molar-refractivity contribution in [3.8, 4) is 0 Å². The molecule has 0 bridgehead atoms. The molecule has 9 heteroatoms. The fraction of sp³-hybridized carbons (Fsp3) is 0.143. The summed E-state index contributed by atoms with van der Waals surface area (Å²) in [6, 6.07) is 12.2. The van der Waals surface area contributed by atoms with E-state index in [0.29, 0.717) is 28.6 Å². The van der Waals surface area contributed by atoms with Crippen molar-refractivity contribution in [1.29, 1.82) is 0 Å². The molecule has 4 rings (SSSR count). The quantitative estimate of drug-likeness (QED) is 0.617. The third kappa shape index (κ3) is 3.77. The van der Waals surface area contributed by atoms with E-state index >= 15 is 0 Å². The first-order chi connectivity index (χ1) is 14.4. The number of hydrogen-bond donors (Lipinski definition) is 3. The Morgan fingerprint density at radius 3 is 2.33 bits per heavy atom. The minimum absolute atomic E-state index is 0.168. The van der Waals surface area contributed by atoms with Gasteiger partial charge in [-0.1, -0.05) is 12.1 Å². The maximum atomic E-state index is 13.2. The molecule has 1 unspecified atom stereocenters. The molecule has 3 aromatic rings. The fourth-order valence-electron chi connectivity index (χ4n) is 3.38. The summed E-state index contributed by atoms with van der Waals surface area (Å²) in [4.78, 5) is 28.7.